The van der Waals surface area contributed by atoms with E-state index < -0.39 is 12.1 Å². The average Bonchev–Trinajstić information content (AvgIpc) is 2.82. The summed E-state index contributed by atoms with van der Waals surface area (Å²) in [5.41, 5.74) is 0. The summed E-state index contributed by atoms with van der Waals surface area (Å²) in [5, 5.41) is 11.9. The van der Waals surface area contributed by atoms with Crippen LogP contribution in [-0.4, -0.2) is 60.3 Å². The van der Waals surface area contributed by atoms with Crippen molar-refractivity contribution in [3.63, 3.8) is 0 Å². The molecule has 18 heavy (non-hydrogen) atoms. The number of carboxylic acids is 1. The predicted molar refractivity (Wildman–Crippen MR) is 66.3 cm³/mol. The molecule has 0 bridgehead atoms. The second kappa shape index (κ2) is 6.70. The van der Waals surface area contributed by atoms with Gasteiger partial charge in [0.2, 0.25) is 5.91 Å². The van der Waals surface area contributed by atoms with Crippen LogP contribution >= 0.6 is 0 Å². The molecule has 6 nitrogen and oxygen atoms in total. The lowest BCUT2D eigenvalue weighted by Crippen LogP contribution is -2.45. The normalized spacial score (nSPS) is 24.8. The predicted octanol–water partition coefficient (Wildman–Crippen LogP) is 0.0750. The zero-order chi connectivity index (χ0) is 13.7. The Morgan fingerprint density at radius 3 is 2.67 bits per heavy atom. The number of hydrogen-bond acceptors (Lipinski definition) is 4. The molecule has 2 N–H and O–H groups in total. The van der Waals surface area contributed by atoms with E-state index in [9.17, 15) is 9.59 Å². The third-order valence-electron chi connectivity index (χ3n) is 3.26. The second-order valence-corrected chi connectivity index (χ2v) is 4.64. The molecule has 0 aromatic heterocycles. The minimum Gasteiger partial charge on any atom is -0.479 e. The summed E-state index contributed by atoms with van der Waals surface area (Å²) in [6, 6.07) is -0.276. The lowest BCUT2D eigenvalue weighted by atomic mass is 10.2. The van der Waals surface area contributed by atoms with Crippen molar-refractivity contribution in [3.05, 3.63) is 0 Å². The quantitative estimate of drug-likeness (QED) is 0.705. The number of hydrogen-bond donors (Lipinski definition) is 2. The van der Waals surface area contributed by atoms with E-state index in [1.807, 2.05) is 6.92 Å². The van der Waals surface area contributed by atoms with Crippen LogP contribution in [0.3, 0.4) is 0 Å². The fraction of sp³-hybridized carbons (Fsp3) is 0.833. The lowest BCUT2D eigenvalue weighted by molar-refractivity contribution is -0.149. The molecule has 6 heteroatoms. The van der Waals surface area contributed by atoms with Crippen LogP contribution in [0.4, 0.5) is 0 Å². The van der Waals surface area contributed by atoms with Crippen LogP contribution in [0.15, 0.2) is 0 Å². The van der Waals surface area contributed by atoms with Gasteiger partial charge in [-0.15, -0.1) is 0 Å². The van der Waals surface area contributed by atoms with E-state index in [1.54, 1.807) is 18.9 Å². The van der Waals surface area contributed by atoms with Crippen molar-refractivity contribution in [2.24, 2.45) is 0 Å². The number of aliphatic carboxylic acids is 1. The summed E-state index contributed by atoms with van der Waals surface area (Å²) in [4.78, 5) is 24.1. The largest absolute Gasteiger partial charge is 0.479 e. The van der Waals surface area contributed by atoms with Crippen molar-refractivity contribution in [1.82, 2.24) is 10.2 Å². The molecule has 0 spiro atoms. The molecule has 1 fully saturated rings. The fourth-order valence-corrected chi connectivity index (χ4v) is 1.92. The van der Waals surface area contributed by atoms with Crippen LogP contribution in [0.2, 0.25) is 0 Å². The molecule has 0 aliphatic carbocycles. The van der Waals surface area contributed by atoms with E-state index in [0.717, 1.165) is 0 Å². The van der Waals surface area contributed by atoms with Gasteiger partial charge in [-0.3, -0.25) is 4.79 Å². The van der Waals surface area contributed by atoms with Gasteiger partial charge in [0.1, 0.15) is 0 Å². The monoisotopic (exact) mass is 258 g/mol. The van der Waals surface area contributed by atoms with Crippen molar-refractivity contribution >= 4 is 11.9 Å². The molecular formula is C12H22N2O4. The van der Waals surface area contributed by atoms with E-state index >= 15 is 0 Å². The van der Waals surface area contributed by atoms with Crippen molar-refractivity contribution in [3.8, 4) is 0 Å². The van der Waals surface area contributed by atoms with Crippen molar-refractivity contribution in [2.45, 2.75) is 44.9 Å². The number of amides is 1. The molecule has 104 valence electrons. The van der Waals surface area contributed by atoms with Gasteiger partial charge in [-0.05, 0) is 26.7 Å². The molecule has 1 aliphatic heterocycles. The van der Waals surface area contributed by atoms with Crippen molar-refractivity contribution < 1.29 is 19.4 Å². The molecule has 3 unspecified atom stereocenters. The average molecular weight is 258 g/mol. The van der Waals surface area contributed by atoms with E-state index in [0.29, 0.717) is 25.9 Å². The van der Waals surface area contributed by atoms with Gasteiger partial charge in [0.25, 0.3) is 0 Å². The standard InChI is InChI=1S/C12H22N2O4/c1-4-14(3)11(15)8(2)13-7-9-5-6-10(18-9)12(16)17/h8-10,13H,4-7H2,1-3H3,(H,16,17). The molecular weight excluding hydrogens is 236 g/mol. The molecule has 0 aromatic rings. The van der Waals surface area contributed by atoms with Crippen LogP contribution in [0, 0.1) is 0 Å². The summed E-state index contributed by atoms with van der Waals surface area (Å²) >= 11 is 0. The number of carbonyl (C=O) groups excluding carboxylic acids is 1. The fourth-order valence-electron chi connectivity index (χ4n) is 1.92. The Kier molecular flexibility index (Phi) is 5.55. The Bertz CT molecular complexity index is 308. The van der Waals surface area contributed by atoms with Gasteiger partial charge in [0, 0.05) is 20.1 Å². The molecule has 1 heterocycles. The Morgan fingerprint density at radius 1 is 1.50 bits per heavy atom. The third kappa shape index (κ3) is 3.96. The zero-order valence-electron chi connectivity index (χ0n) is 11.2. The van der Waals surface area contributed by atoms with E-state index in [-0.39, 0.29) is 18.1 Å². The number of likely N-dealkylation sites (N-methyl/N-ethyl adjacent to an activating group) is 1. The van der Waals surface area contributed by atoms with E-state index in [4.69, 9.17) is 9.84 Å². The number of carbonyl (C=O) groups is 2. The van der Waals surface area contributed by atoms with Crippen LogP contribution in [0.5, 0.6) is 0 Å². The number of carboxylic acid groups (broad SMARTS) is 1. The number of rotatable bonds is 6. The SMILES string of the molecule is CCN(C)C(=O)C(C)NCC1CCC(C(=O)O)O1. The van der Waals surface area contributed by atoms with Gasteiger partial charge >= 0.3 is 5.97 Å². The second-order valence-electron chi connectivity index (χ2n) is 4.64. The van der Waals surface area contributed by atoms with Crippen LogP contribution in [-0.2, 0) is 14.3 Å². The molecule has 1 amide bonds. The van der Waals surface area contributed by atoms with Gasteiger partial charge in [-0.1, -0.05) is 0 Å². The number of nitrogens with zero attached hydrogens (tertiary/aromatic N) is 1. The Labute approximate surface area is 107 Å². The van der Waals surface area contributed by atoms with Gasteiger partial charge in [-0.25, -0.2) is 4.79 Å². The maximum atomic E-state index is 11.8. The molecule has 1 rings (SSSR count). The van der Waals surface area contributed by atoms with Crippen LogP contribution < -0.4 is 5.32 Å². The first-order valence-corrected chi connectivity index (χ1v) is 6.32. The molecule has 0 radical (unpaired) electrons. The van der Waals surface area contributed by atoms with Gasteiger partial charge in [0.05, 0.1) is 12.1 Å². The lowest BCUT2D eigenvalue weighted by Gasteiger charge is -2.22. The minimum atomic E-state index is -0.910. The van der Waals surface area contributed by atoms with Gasteiger partial charge in [-0.2, -0.15) is 0 Å². The molecule has 3 atom stereocenters. The zero-order valence-corrected chi connectivity index (χ0v) is 11.2. The van der Waals surface area contributed by atoms with Crippen molar-refractivity contribution in [2.75, 3.05) is 20.1 Å². The molecule has 0 saturated carbocycles. The number of ether oxygens (including phenoxy) is 1. The highest BCUT2D eigenvalue weighted by Crippen LogP contribution is 2.19. The Hall–Kier alpha value is -1.14. The maximum absolute atomic E-state index is 11.8. The first-order valence-electron chi connectivity index (χ1n) is 6.32. The highest BCUT2D eigenvalue weighted by atomic mass is 16.5. The molecule has 0 aromatic carbocycles. The Morgan fingerprint density at radius 2 is 2.17 bits per heavy atom. The van der Waals surface area contributed by atoms with E-state index in [1.165, 1.54) is 0 Å². The van der Waals surface area contributed by atoms with Crippen molar-refractivity contribution in [1.29, 1.82) is 0 Å². The highest BCUT2D eigenvalue weighted by Gasteiger charge is 2.30. The molecule has 1 saturated heterocycles. The first-order chi connectivity index (χ1) is 8.45. The topological polar surface area (TPSA) is 78.9 Å². The summed E-state index contributed by atoms with van der Waals surface area (Å²) in [7, 11) is 1.76. The molecule has 1 aliphatic rings. The summed E-state index contributed by atoms with van der Waals surface area (Å²) in [6.07, 6.45) is 0.447. The minimum absolute atomic E-state index is 0.0327. The maximum Gasteiger partial charge on any atom is 0.332 e. The third-order valence-corrected chi connectivity index (χ3v) is 3.26. The Balaban J connectivity index is 2.29. The van der Waals surface area contributed by atoms with Crippen LogP contribution in [0.1, 0.15) is 26.7 Å². The summed E-state index contributed by atoms with van der Waals surface area (Å²) in [6.45, 7) is 4.90. The summed E-state index contributed by atoms with van der Waals surface area (Å²) < 4.78 is 5.35. The summed E-state index contributed by atoms with van der Waals surface area (Å²) in [5.74, 6) is -0.877. The first kappa shape index (κ1) is 14.9. The smallest absolute Gasteiger partial charge is 0.332 e. The van der Waals surface area contributed by atoms with Gasteiger partial charge < -0.3 is 20.1 Å². The number of nitrogens with one attached hydrogen (secondary N) is 1. The van der Waals surface area contributed by atoms with Crippen LogP contribution in [0.25, 0.3) is 0 Å². The van der Waals surface area contributed by atoms with E-state index in [2.05, 4.69) is 5.32 Å². The van der Waals surface area contributed by atoms with Gasteiger partial charge in [0.15, 0.2) is 6.10 Å². The highest BCUT2D eigenvalue weighted by molar-refractivity contribution is 5.81.